The Kier molecular flexibility index (Phi) is 3.90. The summed E-state index contributed by atoms with van der Waals surface area (Å²) >= 11 is 4.40. The Morgan fingerprint density at radius 2 is 2.11 bits per heavy atom. The van der Waals surface area contributed by atoms with Crippen LogP contribution >= 0.6 is 27.3 Å². The standard InChI is InChI=1S/C10H14BrNO4S3/c1-7-5-8(17-9(7)11)19(15,16)12-10(2)3-4-18(13,14)6-10/h5,12H,3-4,6H2,1-2H3. The number of sulfonamides is 1. The van der Waals surface area contributed by atoms with Crippen LogP contribution in [-0.2, 0) is 19.9 Å². The van der Waals surface area contributed by atoms with Gasteiger partial charge in [-0.1, -0.05) is 0 Å². The van der Waals surface area contributed by atoms with Gasteiger partial charge in [-0.3, -0.25) is 0 Å². The van der Waals surface area contributed by atoms with Crippen molar-refractivity contribution in [1.29, 1.82) is 0 Å². The fraction of sp³-hybridized carbons (Fsp3) is 0.600. The van der Waals surface area contributed by atoms with Crippen LogP contribution in [0.5, 0.6) is 0 Å². The third-order valence-electron chi connectivity index (χ3n) is 2.98. The van der Waals surface area contributed by atoms with Crippen molar-refractivity contribution in [1.82, 2.24) is 4.72 Å². The molecule has 2 rings (SSSR count). The first-order valence-electron chi connectivity index (χ1n) is 5.53. The molecule has 1 saturated heterocycles. The summed E-state index contributed by atoms with van der Waals surface area (Å²) in [5.41, 5.74) is -0.0724. The smallest absolute Gasteiger partial charge is 0.229 e. The highest BCUT2D eigenvalue weighted by molar-refractivity contribution is 9.11. The average Bonchev–Trinajstić information content (AvgIpc) is 2.68. The first-order chi connectivity index (χ1) is 8.53. The molecule has 0 radical (unpaired) electrons. The topological polar surface area (TPSA) is 80.3 Å². The van der Waals surface area contributed by atoms with Gasteiger partial charge in [-0.25, -0.2) is 21.6 Å². The van der Waals surface area contributed by atoms with E-state index >= 15 is 0 Å². The van der Waals surface area contributed by atoms with E-state index in [-0.39, 0.29) is 15.7 Å². The zero-order valence-corrected chi connectivity index (χ0v) is 14.5. The first-order valence-corrected chi connectivity index (χ1v) is 10.4. The van der Waals surface area contributed by atoms with E-state index < -0.39 is 25.4 Å². The number of hydrogen-bond acceptors (Lipinski definition) is 5. The molecule has 108 valence electrons. The van der Waals surface area contributed by atoms with Crippen molar-refractivity contribution in [3.05, 3.63) is 15.4 Å². The lowest BCUT2D eigenvalue weighted by Gasteiger charge is -2.22. The van der Waals surface area contributed by atoms with E-state index in [1.165, 1.54) is 0 Å². The van der Waals surface area contributed by atoms with Crippen LogP contribution in [0.15, 0.2) is 14.1 Å². The lowest BCUT2D eigenvalue weighted by molar-refractivity contribution is 0.462. The van der Waals surface area contributed by atoms with Gasteiger partial charge in [0.25, 0.3) is 10.0 Å². The van der Waals surface area contributed by atoms with Gasteiger partial charge in [-0.05, 0) is 47.8 Å². The highest BCUT2D eigenvalue weighted by Gasteiger charge is 2.41. The Morgan fingerprint density at radius 3 is 2.53 bits per heavy atom. The third-order valence-corrected chi connectivity index (χ3v) is 9.14. The summed E-state index contributed by atoms with van der Waals surface area (Å²) < 4.78 is 51.0. The van der Waals surface area contributed by atoms with E-state index in [2.05, 4.69) is 20.7 Å². The predicted octanol–water partition coefficient (Wildman–Crippen LogP) is 1.67. The summed E-state index contributed by atoms with van der Waals surface area (Å²) in [5, 5.41) is 0. The summed E-state index contributed by atoms with van der Waals surface area (Å²) in [7, 11) is -6.82. The van der Waals surface area contributed by atoms with Crippen molar-refractivity contribution in [2.75, 3.05) is 11.5 Å². The molecule has 2 heterocycles. The minimum atomic E-state index is -3.68. The number of sulfone groups is 1. The second-order valence-corrected chi connectivity index (χ2v) is 11.5. The minimum absolute atomic E-state index is 0.0270. The van der Waals surface area contributed by atoms with Gasteiger partial charge in [0.2, 0.25) is 0 Å². The van der Waals surface area contributed by atoms with E-state index in [1.54, 1.807) is 19.9 Å². The molecule has 1 aliphatic heterocycles. The fourth-order valence-corrected chi connectivity index (χ4v) is 7.88. The molecule has 0 aromatic carbocycles. The van der Waals surface area contributed by atoms with Crippen molar-refractivity contribution >= 4 is 47.1 Å². The molecule has 1 aromatic heterocycles. The zero-order chi connectivity index (χ0) is 14.5. The van der Waals surface area contributed by atoms with Crippen molar-refractivity contribution in [3.63, 3.8) is 0 Å². The molecule has 0 saturated carbocycles. The highest BCUT2D eigenvalue weighted by atomic mass is 79.9. The lowest BCUT2D eigenvalue weighted by Crippen LogP contribution is -2.46. The Bertz CT molecular complexity index is 688. The number of aryl methyl sites for hydroxylation is 1. The van der Waals surface area contributed by atoms with Crippen molar-refractivity contribution in [3.8, 4) is 0 Å². The Labute approximate surface area is 125 Å². The molecule has 1 fully saturated rings. The van der Waals surface area contributed by atoms with Gasteiger partial charge in [-0.2, -0.15) is 0 Å². The van der Waals surface area contributed by atoms with Crippen LogP contribution in [0.1, 0.15) is 18.9 Å². The van der Waals surface area contributed by atoms with Crippen LogP contribution in [0.3, 0.4) is 0 Å². The maximum Gasteiger partial charge on any atom is 0.250 e. The van der Waals surface area contributed by atoms with Gasteiger partial charge in [0.15, 0.2) is 9.84 Å². The molecule has 1 aromatic rings. The van der Waals surface area contributed by atoms with Crippen LogP contribution < -0.4 is 4.72 Å². The maximum absolute atomic E-state index is 12.3. The van der Waals surface area contributed by atoms with Gasteiger partial charge in [0.1, 0.15) is 4.21 Å². The largest absolute Gasteiger partial charge is 0.250 e. The van der Waals surface area contributed by atoms with E-state index in [0.29, 0.717) is 6.42 Å². The first kappa shape index (κ1) is 15.4. The Balaban J connectivity index is 2.28. The number of thiophene rings is 1. The molecule has 0 aliphatic carbocycles. The number of halogens is 1. The van der Waals surface area contributed by atoms with Gasteiger partial charge in [0.05, 0.1) is 15.3 Å². The van der Waals surface area contributed by atoms with E-state index in [0.717, 1.165) is 20.7 Å². The Morgan fingerprint density at radius 1 is 1.47 bits per heavy atom. The van der Waals surface area contributed by atoms with Crippen LogP contribution in [0.2, 0.25) is 0 Å². The van der Waals surface area contributed by atoms with Crippen molar-refractivity contribution < 1.29 is 16.8 Å². The molecule has 1 unspecified atom stereocenters. The summed E-state index contributed by atoms with van der Waals surface area (Å²) in [6.07, 6.45) is 0.306. The van der Waals surface area contributed by atoms with E-state index in [9.17, 15) is 16.8 Å². The minimum Gasteiger partial charge on any atom is -0.229 e. The molecular formula is C10H14BrNO4S3. The third kappa shape index (κ3) is 3.38. The molecule has 1 N–H and O–H groups in total. The number of rotatable bonds is 3. The van der Waals surface area contributed by atoms with E-state index in [1.807, 2.05) is 0 Å². The quantitative estimate of drug-likeness (QED) is 0.854. The molecule has 1 aliphatic rings. The fourth-order valence-electron chi connectivity index (χ4n) is 2.03. The predicted molar refractivity (Wildman–Crippen MR) is 78.8 cm³/mol. The van der Waals surface area contributed by atoms with Crippen molar-refractivity contribution in [2.24, 2.45) is 0 Å². The average molecular weight is 388 g/mol. The van der Waals surface area contributed by atoms with Crippen LogP contribution in [0.25, 0.3) is 0 Å². The molecule has 0 spiro atoms. The van der Waals surface area contributed by atoms with Crippen LogP contribution in [0, 0.1) is 6.92 Å². The number of hydrogen-bond donors (Lipinski definition) is 1. The second-order valence-electron chi connectivity index (χ2n) is 5.03. The molecular weight excluding hydrogens is 374 g/mol. The van der Waals surface area contributed by atoms with Gasteiger partial charge in [0, 0.05) is 5.54 Å². The molecule has 1 atom stereocenters. The van der Waals surface area contributed by atoms with Crippen molar-refractivity contribution in [2.45, 2.75) is 30.0 Å². The molecule has 5 nitrogen and oxygen atoms in total. The lowest BCUT2D eigenvalue weighted by atomic mass is 10.0. The second kappa shape index (κ2) is 4.80. The monoisotopic (exact) mass is 387 g/mol. The SMILES string of the molecule is Cc1cc(S(=O)(=O)NC2(C)CCS(=O)(=O)C2)sc1Br. The van der Waals surface area contributed by atoms with Crippen LogP contribution in [-0.4, -0.2) is 33.9 Å². The maximum atomic E-state index is 12.3. The van der Waals surface area contributed by atoms with Crippen LogP contribution in [0.4, 0.5) is 0 Å². The number of nitrogens with one attached hydrogen (secondary N) is 1. The molecule has 19 heavy (non-hydrogen) atoms. The summed E-state index contributed by atoms with van der Waals surface area (Å²) in [6.45, 7) is 3.44. The normalized spacial score (nSPS) is 26.7. The Hall–Kier alpha value is 0.0400. The summed E-state index contributed by atoms with van der Waals surface area (Å²) in [6, 6.07) is 1.57. The van der Waals surface area contributed by atoms with Gasteiger partial charge < -0.3 is 0 Å². The van der Waals surface area contributed by atoms with Gasteiger partial charge >= 0.3 is 0 Å². The highest BCUT2D eigenvalue weighted by Crippen LogP contribution is 2.32. The summed E-state index contributed by atoms with van der Waals surface area (Å²) in [5.74, 6) is -0.121. The zero-order valence-electron chi connectivity index (χ0n) is 10.4. The molecule has 0 amide bonds. The van der Waals surface area contributed by atoms with E-state index in [4.69, 9.17) is 0 Å². The molecule has 9 heteroatoms. The summed E-state index contributed by atoms with van der Waals surface area (Å²) in [4.78, 5) is 0. The molecule has 0 bridgehead atoms. The van der Waals surface area contributed by atoms with Gasteiger partial charge in [-0.15, -0.1) is 11.3 Å².